The molecule has 0 radical (unpaired) electrons. The number of aromatic amines is 2. The highest BCUT2D eigenvalue weighted by atomic mass is 15.1. The molecule has 0 saturated heterocycles. The lowest BCUT2D eigenvalue weighted by Gasteiger charge is -2.10. The summed E-state index contributed by atoms with van der Waals surface area (Å²) < 4.78 is 0. The van der Waals surface area contributed by atoms with Crippen LogP contribution in [0.4, 0.5) is 0 Å². The van der Waals surface area contributed by atoms with Crippen LogP contribution in [0.5, 0.6) is 0 Å². The van der Waals surface area contributed by atoms with Crippen molar-refractivity contribution in [1.82, 2.24) is 25.5 Å². The number of hydrogen-bond donors (Lipinski definition) is 3. The SMILES string of the molecule is Cc1[nH]ncc1CNC(C)c1ncc[nH]1. The highest BCUT2D eigenvalue weighted by Crippen LogP contribution is 2.08. The molecule has 0 fully saturated rings. The second-order valence-electron chi connectivity index (χ2n) is 3.60. The molecule has 0 spiro atoms. The topological polar surface area (TPSA) is 69.4 Å². The highest BCUT2D eigenvalue weighted by Gasteiger charge is 2.07. The third-order valence-corrected chi connectivity index (χ3v) is 2.46. The van der Waals surface area contributed by atoms with Crippen molar-refractivity contribution in [2.75, 3.05) is 0 Å². The first-order valence-corrected chi connectivity index (χ1v) is 4.99. The Morgan fingerprint density at radius 1 is 1.53 bits per heavy atom. The van der Waals surface area contributed by atoms with E-state index in [4.69, 9.17) is 0 Å². The zero-order valence-electron chi connectivity index (χ0n) is 8.91. The quantitative estimate of drug-likeness (QED) is 0.704. The Bertz CT molecular complexity index is 403. The summed E-state index contributed by atoms with van der Waals surface area (Å²) in [5, 5.41) is 10.3. The van der Waals surface area contributed by atoms with Crippen molar-refractivity contribution in [2.24, 2.45) is 0 Å². The number of rotatable bonds is 4. The third-order valence-electron chi connectivity index (χ3n) is 2.46. The number of nitrogens with one attached hydrogen (secondary N) is 3. The second-order valence-corrected chi connectivity index (χ2v) is 3.60. The first kappa shape index (κ1) is 9.92. The van der Waals surface area contributed by atoms with Gasteiger partial charge < -0.3 is 10.3 Å². The van der Waals surface area contributed by atoms with E-state index in [1.807, 2.05) is 19.3 Å². The van der Waals surface area contributed by atoms with Crippen LogP contribution >= 0.6 is 0 Å². The van der Waals surface area contributed by atoms with Gasteiger partial charge in [0.1, 0.15) is 5.82 Å². The van der Waals surface area contributed by atoms with E-state index in [1.54, 1.807) is 6.20 Å². The highest BCUT2D eigenvalue weighted by molar-refractivity contribution is 5.14. The maximum absolute atomic E-state index is 4.20. The number of aromatic nitrogens is 4. The van der Waals surface area contributed by atoms with Crippen molar-refractivity contribution in [3.8, 4) is 0 Å². The van der Waals surface area contributed by atoms with E-state index in [1.165, 1.54) is 5.56 Å². The zero-order valence-corrected chi connectivity index (χ0v) is 8.91. The Labute approximate surface area is 88.3 Å². The molecule has 2 heterocycles. The molecule has 5 nitrogen and oxygen atoms in total. The Morgan fingerprint density at radius 2 is 2.40 bits per heavy atom. The average molecular weight is 205 g/mol. The summed E-state index contributed by atoms with van der Waals surface area (Å²) in [5.74, 6) is 0.955. The van der Waals surface area contributed by atoms with E-state index < -0.39 is 0 Å². The monoisotopic (exact) mass is 205 g/mol. The number of hydrogen-bond acceptors (Lipinski definition) is 3. The van der Waals surface area contributed by atoms with Gasteiger partial charge in [0.25, 0.3) is 0 Å². The molecular weight excluding hydrogens is 190 g/mol. The Balaban J connectivity index is 1.91. The summed E-state index contributed by atoms with van der Waals surface area (Å²) >= 11 is 0. The minimum atomic E-state index is 0.217. The van der Waals surface area contributed by atoms with Crippen LogP contribution in [0.1, 0.15) is 30.0 Å². The molecule has 3 N–H and O–H groups in total. The lowest BCUT2D eigenvalue weighted by atomic mass is 10.2. The maximum Gasteiger partial charge on any atom is 0.122 e. The lowest BCUT2D eigenvalue weighted by molar-refractivity contribution is 0.550. The minimum Gasteiger partial charge on any atom is -0.347 e. The van der Waals surface area contributed by atoms with Gasteiger partial charge in [0.05, 0.1) is 12.2 Å². The molecule has 80 valence electrons. The summed E-state index contributed by atoms with van der Waals surface area (Å²) in [6.45, 7) is 4.89. The van der Waals surface area contributed by atoms with Crippen LogP contribution in [0.25, 0.3) is 0 Å². The molecule has 1 atom stereocenters. The van der Waals surface area contributed by atoms with E-state index >= 15 is 0 Å². The molecule has 0 saturated carbocycles. The molecule has 0 aliphatic heterocycles. The number of H-pyrrole nitrogens is 2. The predicted octanol–water partition coefficient (Wildman–Crippen LogP) is 1.29. The van der Waals surface area contributed by atoms with Gasteiger partial charge in [-0.3, -0.25) is 5.10 Å². The van der Waals surface area contributed by atoms with Crippen LogP contribution in [0.15, 0.2) is 18.6 Å². The summed E-state index contributed by atoms with van der Waals surface area (Å²) in [4.78, 5) is 7.28. The van der Waals surface area contributed by atoms with E-state index in [0.29, 0.717) is 0 Å². The summed E-state index contributed by atoms with van der Waals surface area (Å²) in [7, 11) is 0. The van der Waals surface area contributed by atoms with E-state index in [-0.39, 0.29) is 6.04 Å². The van der Waals surface area contributed by atoms with Gasteiger partial charge in [-0.2, -0.15) is 5.10 Å². The Hall–Kier alpha value is -1.62. The molecule has 0 aromatic carbocycles. The molecule has 15 heavy (non-hydrogen) atoms. The Morgan fingerprint density at radius 3 is 3.00 bits per heavy atom. The van der Waals surface area contributed by atoms with E-state index in [9.17, 15) is 0 Å². The van der Waals surface area contributed by atoms with Crippen molar-refractivity contribution < 1.29 is 0 Å². The van der Waals surface area contributed by atoms with Crippen molar-refractivity contribution in [3.05, 3.63) is 35.7 Å². The third kappa shape index (κ3) is 2.24. The zero-order chi connectivity index (χ0) is 10.7. The van der Waals surface area contributed by atoms with E-state index in [2.05, 4.69) is 32.4 Å². The molecule has 0 bridgehead atoms. The average Bonchev–Trinajstić information content (AvgIpc) is 2.85. The largest absolute Gasteiger partial charge is 0.347 e. The van der Waals surface area contributed by atoms with Crippen molar-refractivity contribution >= 4 is 0 Å². The van der Waals surface area contributed by atoms with Crippen LogP contribution in [0, 0.1) is 6.92 Å². The normalized spacial score (nSPS) is 12.9. The van der Waals surface area contributed by atoms with Crippen LogP contribution in [-0.2, 0) is 6.54 Å². The predicted molar refractivity (Wildman–Crippen MR) is 57.2 cm³/mol. The molecule has 2 aromatic heterocycles. The van der Waals surface area contributed by atoms with Crippen LogP contribution in [-0.4, -0.2) is 20.2 Å². The van der Waals surface area contributed by atoms with Crippen LogP contribution < -0.4 is 5.32 Å². The van der Waals surface area contributed by atoms with Gasteiger partial charge in [0.15, 0.2) is 0 Å². The molecule has 5 heteroatoms. The smallest absolute Gasteiger partial charge is 0.122 e. The van der Waals surface area contributed by atoms with Crippen molar-refractivity contribution in [1.29, 1.82) is 0 Å². The fourth-order valence-electron chi connectivity index (χ4n) is 1.43. The molecule has 0 aliphatic rings. The number of nitrogens with zero attached hydrogens (tertiary/aromatic N) is 2. The van der Waals surface area contributed by atoms with Gasteiger partial charge >= 0.3 is 0 Å². The fourth-order valence-corrected chi connectivity index (χ4v) is 1.43. The molecule has 1 unspecified atom stereocenters. The number of imidazole rings is 1. The minimum absolute atomic E-state index is 0.217. The standard InChI is InChI=1S/C10H15N5/c1-7-9(6-14-15-7)5-13-8(2)10-11-3-4-12-10/h3-4,6,8,13H,5H2,1-2H3,(H,11,12)(H,14,15). The number of aryl methyl sites for hydroxylation is 1. The van der Waals surface area contributed by atoms with Gasteiger partial charge in [-0.1, -0.05) is 0 Å². The first-order chi connectivity index (χ1) is 7.27. The second kappa shape index (κ2) is 4.27. The molecule has 2 rings (SSSR count). The molecule has 2 aromatic rings. The van der Waals surface area contributed by atoms with Gasteiger partial charge in [0, 0.05) is 30.2 Å². The van der Waals surface area contributed by atoms with Gasteiger partial charge in [-0.05, 0) is 13.8 Å². The van der Waals surface area contributed by atoms with Gasteiger partial charge in [-0.25, -0.2) is 4.98 Å². The van der Waals surface area contributed by atoms with Crippen LogP contribution in [0.3, 0.4) is 0 Å². The van der Waals surface area contributed by atoms with Crippen molar-refractivity contribution in [3.63, 3.8) is 0 Å². The van der Waals surface area contributed by atoms with Gasteiger partial charge in [0.2, 0.25) is 0 Å². The van der Waals surface area contributed by atoms with Crippen LogP contribution in [0.2, 0.25) is 0 Å². The van der Waals surface area contributed by atoms with Crippen molar-refractivity contribution in [2.45, 2.75) is 26.4 Å². The fraction of sp³-hybridized carbons (Fsp3) is 0.400. The molecular formula is C10H15N5. The van der Waals surface area contributed by atoms with E-state index in [0.717, 1.165) is 18.1 Å². The lowest BCUT2D eigenvalue weighted by Crippen LogP contribution is -2.19. The molecule has 0 amide bonds. The Kier molecular flexibility index (Phi) is 2.82. The maximum atomic E-state index is 4.20. The van der Waals surface area contributed by atoms with Gasteiger partial charge in [-0.15, -0.1) is 0 Å². The summed E-state index contributed by atoms with van der Waals surface area (Å²) in [6.07, 6.45) is 5.43. The summed E-state index contributed by atoms with van der Waals surface area (Å²) in [5.41, 5.74) is 2.29. The molecule has 0 aliphatic carbocycles. The first-order valence-electron chi connectivity index (χ1n) is 4.99. The summed E-state index contributed by atoms with van der Waals surface area (Å²) in [6, 6.07) is 0.217.